The van der Waals surface area contributed by atoms with E-state index in [2.05, 4.69) is 10.6 Å². The van der Waals surface area contributed by atoms with Crippen molar-refractivity contribution in [1.82, 2.24) is 0 Å². The summed E-state index contributed by atoms with van der Waals surface area (Å²) in [4.78, 5) is 23.1. The number of nitrogens with two attached hydrogens (primary N) is 1. The molecule has 26 heavy (non-hydrogen) atoms. The number of anilines is 2. The van der Waals surface area contributed by atoms with Crippen molar-refractivity contribution < 1.29 is 19.1 Å². The highest BCUT2D eigenvalue weighted by atomic mass is 16.5. The summed E-state index contributed by atoms with van der Waals surface area (Å²) in [6, 6.07) is 13.0. The van der Waals surface area contributed by atoms with Gasteiger partial charge in [-0.05, 0) is 61.4 Å². The first-order chi connectivity index (χ1) is 12.6. The van der Waals surface area contributed by atoms with Crippen molar-refractivity contribution in [2.45, 2.75) is 18.9 Å². The van der Waals surface area contributed by atoms with Gasteiger partial charge in [0.1, 0.15) is 12.4 Å². The first-order valence-corrected chi connectivity index (χ1v) is 8.42. The third-order valence-electron chi connectivity index (χ3n) is 3.99. The van der Waals surface area contributed by atoms with Gasteiger partial charge in [0.2, 0.25) is 0 Å². The molecule has 1 aliphatic heterocycles. The second-order valence-electron chi connectivity index (χ2n) is 5.99. The Bertz CT molecular complexity index is 753. The molecule has 2 aromatic rings. The van der Waals surface area contributed by atoms with Crippen molar-refractivity contribution in [3.05, 3.63) is 54.1 Å². The van der Waals surface area contributed by atoms with Crippen LogP contribution < -0.4 is 21.1 Å². The fourth-order valence-corrected chi connectivity index (χ4v) is 2.65. The largest absolute Gasteiger partial charge is 0.491 e. The standard InChI is InChI=1S/C19H21N3O4/c20-19(24)22-15-7-5-14(6-8-15)21-18(23)13-3-9-16(10-4-13)26-12-17-2-1-11-25-17/h3-10,17H,1-2,11-12H2,(H,21,23)(H3,20,22,24). The third-order valence-corrected chi connectivity index (χ3v) is 3.99. The molecule has 0 spiro atoms. The van der Waals surface area contributed by atoms with E-state index in [0.29, 0.717) is 29.3 Å². The first kappa shape index (κ1) is 17.8. The Labute approximate surface area is 151 Å². The molecule has 7 nitrogen and oxygen atoms in total. The van der Waals surface area contributed by atoms with Crippen molar-refractivity contribution in [3.8, 4) is 5.75 Å². The average Bonchev–Trinajstić information content (AvgIpc) is 3.15. The Kier molecular flexibility index (Phi) is 5.70. The van der Waals surface area contributed by atoms with Crippen LogP contribution in [0.2, 0.25) is 0 Å². The summed E-state index contributed by atoms with van der Waals surface area (Å²) in [5, 5.41) is 5.25. The molecular formula is C19H21N3O4. The molecule has 0 aromatic heterocycles. The van der Waals surface area contributed by atoms with E-state index in [1.54, 1.807) is 48.5 Å². The van der Waals surface area contributed by atoms with Gasteiger partial charge < -0.3 is 25.8 Å². The SMILES string of the molecule is NC(=O)Nc1ccc(NC(=O)c2ccc(OCC3CCCO3)cc2)cc1. The van der Waals surface area contributed by atoms with Crippen molar-refractivity contribution in [2.24, 2.45) is 5.73 Å². The van der Waals surface area contributed by atoms with E-state index >= 15 is 0 Å². The number of rotatable bonds is 6. The second kappa shape index (κ2) is 8.35. The summed E-state index contributed by atoms with van der Waals surface area (Å²) < 4.78 is 11.2. The molecule has 3 amide bonds. The lowest BCUT2D eigenvalue weighted by Gasteiger charge is -2.12. The van der Waals surface area contributed by atoms with E-state index in [0.717, 1.165) is 19.4 Å². The van der Waals surface area contributed by atoms with Gasteiger partial charge in [-0.2, -0.15) is 0 Å². The van der Waals surface area contributed by atoms with Gasteiger partial charge in [0.25, 0.3) is 5.91 Å². The van der Waals surface area contributed by atoms with E-state index < -0.39 is 6.03 Å². The van der Waals surface area contributed by atoms with Crippen LogP contribution in [0.3, 0.4) is 0 Å². The number of primary amides is 1. The predicted molar refractivity (Wildman–Crippen MR) is 98.5 cm³/mol. The van der Waals surface area contributed by atoms with Crippen LogP contribution in [0.25, 0.3) is 0 Å². The number of hydrogen-bond donors (Lipinski definition) is 3. The molecular weight excluding hydrogens is 334 g/mol. The van der Waals surface area contributed by atoms with Gasteiger partial charge in [0.15, 0.2) is 0 Å². The zero-order valence-corrected chi connectivity index (χ0v) is 14.2. The highest BCUT2D eigenvalue weighted by Crippen LogP contribution is 2.18. The molecule has 1 heterocycles. The van der Waals surface area contributed by atoms with Crippen LogP contribution in [-0.4, -0.2) is 31.3 Å². The normalized spacial score (nSPS) is 16.1. The molecule has 3 rings (SSSR count). The summed E-state index contributed by atoms with van der Waals surface area (Å²) in [7, 11) is 0. The van der Waals surface area contributed by atoms with E-state index in [9.17, 15) is 9.59 Å². The maximum Gasteiger partial charge on any atom is 0.316 e. The predicted octanol–water partition coefficient (Wildman–Crippen LogP) is 2.99. The summed E-state index contributed by atoms with van der Waals surface area (Å²) in [6.45, 7) is 1.32. The van der Waals surface area contributed by atoms with Crippen molar-refractivity contribution in [1.29, 1.82) is 0 Å². The van der Waals surface area contributed by atoms with Crippen molar-refractivity contribution in [2.75, 3.05) is 23.8 Å². The molecule has 1 unspecified atom stereocenters. The molecule has 1 saturated heterocycles. The maximum absolute atomic E-state index is 12.3. The van der Waals surface area contributed by atoms with Crippen LogP contribution in [0, 0.1) is 0 Å². The van der Waals surface area contributed by atoms with Crippen LogP contribution >= 0.6 is 0 Å². The number of carbonyl (C=O) groups is 2. The highest BCUT2D eigenvalue weighted by molar-refractivity contribution is 6.04. The Hall–Kier alpha value is -3.06. The van der Waals surface area contributed by atoms with Crippen LogP contribution in [0.15, 0.2) is 48.5 Å². The molecule has 0 bridgehead atoms. The molecule has 136 valence electrons. The lowest BCUT2D eigenvalue weighted by Crippen LogP contribution is -2.19. The van der Waals surface area contributed by atoms with Gasteiger partial charge in [0.05, 0.1) is 6.10 Å². The number of hydrogen-bond acceptors (Lipinski definition) is 4. The van der Waals surface area contributed by atoms with Crippen molar-refractivity contribution in [3.63, 3.8) is 0 Å². The quantitative estimate of drug-likeness (QED) is 0.741. The van der Waals surface area contributed by atoms with Crippen LogP contribution in [0.5, 0.6) is 5.75 Å². The molecule has 0 saturated carbocycles. The number of urea groups is 1. The number of carbonyl (C=O) groups excluding carboxylic acids is 2. The Morgan fingerprint density at radius 1 is 1.04 bits per heavy atom. The van der Waals surface area contributed by atoms with Gasteiger partial charge in [-0.25, -0.2) is 4.79 Å². The highest BCUT2D eigenvalue weighted by Gasteiger charge is 2.16. The van der Waals surface area contributed by atoms with Crippen LogP contribution in [-0.2, 0) is 4.74 Å². The van der Waals surface area contributed by atoms with E-state index in [1.807, 2.05) is 0 Å². The molecule has 1 atom stereocenters. The number of benzene rings is 2. The van der Waals surface area contributed by atoms with E-state index in [4.69, 9.17) is 15.2 Å². The monoisotopic (exact) mass is 355 g/mol. The van der Waals surface area contributed by atoms with Crippen molar-refractivity contribution >= 4 is 23.3 Å². The maximum atomic E-state index is 12.3. The number of nitrogens with one attached hydrogen (secondary N) is 2. The fraction of sp³-hybridized carbons (Fsp3) is 0.263. The lowest BCUT2D eigenvalue weighted by molar-refractivity contribution is 0.0679. The summed E-state index contributed by atoms with van der Waals surface area (Å²) in [5.74, 6) is 0.477. The Morgan fingerprint density at radius 2 is 1.69 bits per heavy atom. The van der Waals surface area contributed by atoms with Gasteiger partial charge in [0, 0.05) is 23.5 Å². The summed E-state index contributed by atoms with van der Waals surface area (Å²) in [6.07, 6.45) is 2.26. The van der Waals surface area contributed by atoms with Gasteiger partial charge >= 0.3 is 6.03 Å². The molecule has 0 radical (unpaired) electrons. The fourth-order valence-electron chi connectivity index (χ4n) is 2.65. The molecule has 1 fully saturated rings. The first-order valence-electron chi connectivity index (χ1n) is 8.42. The van der Waals surface area contributed by atoms with E-state index in [-0.39, 0.29) is 12.0 Å². The third kappa shape index (κ3) is 4.97. The lowest BCUT2D eigenvalue weighted by atomic mass is 10.2. The second-order valence-corrected chi connectivity index (χ2v) is 5.99. The minimum Gasteiger partial charge on any atom is -0.491 e. The summed E-state index contributed by atoms with van der Waals surface area (Å²) in [5.41, 5.74) is 6.75. The molecule has 1 aliphatic rings. The minimum absolute atomic E-state index is 0.157. The van der Waals surface area contributed by atoms with E-state index in [1.165, 1.54) is 0 Å². The Morgan fingerprint density at radius 3 is 2.27 bits per heavy atom. The van der Waals surface area contributed by atoms with Crippen LogP contribution in [0.4, 0.5) is 16.2 Å². The van der Waals surface area contributed by atoms with Gasteiger partial charge in [-0.15, -0.1) is 0 Å². The molecule has 2 aromatic carbocycles. The van der Waals surface area contributed by atoms with Gasteiger partial charge in [-0.1, -0.05) is 0 Å². The zero-order valence-electron chi connectivity index (χ0n) is 14.2. The molecule has 4 N–H and O–H groups in total. The summed E-state index contributed by atoms with van der Waals surface area (Å²) >= 11 is 0. The smallest absolute Gasteiger partial charge is 0.316 e. The van der Waals surface area contributed by atoms with Crippen LogP contribution in [0.1, 0.15) is 23.2 Å². The number of amides is 3. The zero-order chi connectivity index (χ0) is 18.4. The van der Waals surface area contributed by atoms with Gasteiger partial charge in [-0.3, -0.25) is 4.79 Å². The molecule has 0 aliphatic carbocycles. The average molecular weight is 355 g/mol. The number of ether oxygens (including phenoxy) is 2. The Balaban J connectivity index is 1.53. The topological polar surface area (TPSA) is 103 Å². The molecule has 7 heteroatoms. The minimum atomic E-state index is -0.636.